The molecule has 4 fully saturated rings. The molecule has 3 aliphatic heterocycles. The number of hydrogen-bond donors (Lipinski definition) is 1. The minimum Gasteiger partial charge on any atom is -0.371 e. The number of ether oxygens (including phenoxy) is 2. The molecule has 3 saturated heterocycles. The molecule has 3 atom stereocenters. The van der Waals surface area contributed by atoms with Crippen LogP contribution in [0.2, 0.25) is 0 Å². The standard InChI is InChI=1S/C33H50N6O2S/c1-24(2)28-7-6-27(18-34-28)38-13-10-26(33(23-38)22-36(4)14-16-41-33)19-37(5)20-30-31(9-8-29(35-30)25(3)42)39-15-17-40-32(21-39)11-12-32/h6-9,18,24-26,42H,10-17,19-23H2,1-5H3/t25?,26?,33-/m0/s1. The first-order chi connectivity index (χ1) is 20.2. The third kappa shape index (κ3) is 6.46. The minimum atomic E-state index is -0.212. The van der Waals surface area contributed by atoms with E-state index in [9.17, 15) is 0 Å². The lowest BCUT2D eigenvalue weighted by Gasteiger charge is -2.53. The molecule has 2 aromatic rings. The van der Waals surface area contributed by atoms with Gasteiger partial charge in [0.05, 0.1) is 47.8 Å². The van der Waals surface area contributed by atoms with Crippen molar-refractivity contribution >= 4 is 24.0 Å². The minimum absolute atomic E-state index is 0.0757. The molecule has 8 nitrogen and oxygen atoms in total. The largest absolute Gasteiger partial charge is 0.371 e. The van der Waals surface area contributed by atoms with Crippen molar-refractivity contribution in [2.24, 2.45) is 5.92 Å². The van der Waals surface area contributed by atoms with Crippen LogP contribution in [-0.2, 0) is 16.0 Å². The summed E-state index contributed by atoms with van der Waals surface area (Å²) in [6.45, 7) is 15.6. The Hall–Kier alpha value is -1.91. The Morgan fingerprint density at radius 3 is 2.45 bits per heavy atom. The summed E-state index contributed by atoms with van der Waals surface area (Å²) >= 11 is 4.72. The van der Waals surface area contributed by atoms with E-state index >= 15 is 0 Å². The lowest BCUT2D eigenvalue weighted by Crippen LogP contribution is -2.65. The molecule has 6 rings (SSSR count). The molecular formula is C33H50N6O2S. The summed E-state index contributed by atoms with van der Waals surface area (Å²) in [6.07, 6.45) is 5.49. The van der Waals surface area contributed by atoms with Crippen molar-refractivity contribution in [3.63, 3.8) is 0 Å². The maximum absolute atomic E-state index is 6.78. The number of morpholine rings is 2. The molecule has 42 heavy (non-hydrogen) atoms. The molecule has 2 spiro atoms. The highest BCUT2D eigenvalue weighted by atomic mass is 32.1. The number of anilines is 2. The molecule has 0 amide bonds. The second-order valence-electron chi connectivity index (χ2n) is 13.7. The number of likely N-dealkylation sites (N-methyl/N-ethyl adjacent to an activating group) is 1. The molecule has 0 bridgehead atoms. The van der Waals surface area contributed by atoms with E-state index in [1.165, 1.54) is 24.2 Å². The monoisotopic (exact) mass is 594 g/mol. The number of pyridine rings is 2. The second kappa shape index (κ2) is 12.2. The molecule has 230 valence electrons. The van der Waals surface area contributed by atoms with Crippen LogP contribution in [0.15, 0.2) is 30.5 Å². The Morgan fingerprint density at radius 1 is 0.976 bits per heavy atom. The molecule has 1 saturated carbocycles. The number of aromatic nitrogens is 2. The van der Waals surface area contributed by atoms with Crippen molar-refractivity contribution in [3.05, 3.63) is 47.5 Å². The van der Waals surface area contributed by atoms with Gasteiger partial charge in [-0.2, -0.15) is 12.6 Å². The van der Waals surface area contributed by atoms with Crippen LogP contribution in [0.25, 0.3) is 0 Å². The van der Waals surface area contributed by atoms with Gasteiger partial charge in [-0.15, -0.1) is 0 Å². The van der Waals surface area contributed by atoms with E-state index in [0.29, 0.717) is 11.8 Å². The highest BCUT2D eigenvalue weighted by Crippen LogP contribution is 2.43. The fourth-order valence-corrected chi connectivity index (χ4v) is 7.32. The fourth-order valence-electron chi connectivity index (χ4n) is 7.18. The zero-order chi connectivity index (χ0) is 29.5. The Balaban J connectivity index is 1.20. The van der Waals surface area contributed by atoms with E-state index in [1.54, 1.807) is 0 Å². The normalized spacial score (nSPS) is 26.9. The van der Waals surface area contributed by atoms with Gasteiger partial charge in [0.1, 0.15) is 5.60 Å². The van der Waals surface area contributed by atoms with Gasteiger partial charge < -0.3 is 29.1 Å². The molecule has 5 heterocycles. The van der Waals surface area contributed by atoms with E-state index in [4.69, 9.17) is 32.1 Å². The van der Waals surface area contributed by atoms with E-state index in [0.717, 1.165) is 89.1 Å². The molecule has 0 N–H and O–H groups in total. The summed E-state index contributed by atoms with van der Waals surface area (Å²) < 4.78 is 12.9. The van der Waals surface area contributed by atoms with Crippen LogP contribution in [0.3, 0.4) is 0 Å². The van der Waals surface area contributed by atoms with Gasteiger partial charge in [0, 0.05) is 69.2 Å². The Kier molecular flexibility index (Phi) is 8.78. The summed E-state index contributed by atoms with van der Waals surface area (Å²) in [5, 5.41) is 0.102. The molecule has 0 aromatic carbocycles. The first-order valence-electron chi connectivity index (χ1n) is 15.9. The molecule has 9 heteroatoms. The Bertz CT molecular complexity index is 1220. The predicted molar refractivity (Wildman–Crippen MR) is 173 cm³/mol. The first kappa shape index (κ1) is 30.1. The van der Waals surface area contributed by atoms with Crippen LogP contribution in [0.1, 0.15) is 68.3 Å². The third-order valence-electron chi connectivity index (χ3n) is 9.83. The number of thiol groups is 1. The summed E-state index contributed by atoms with van der Waals surface area (Å²) in [5.41, 5.74) is 5.66. The van der Waals surface area contributed by atoms with Gasteiger partial charge in [0.15, 0.2) is 0 Å². The average Bonchev–Trinajstić information content (AvgIpc) is 3.71. The lowest BCUT2D eigenvalue weighted by molar-refractivity contribution is -0.143. The SMILES string of the molecule is CC(C)c1ccc(N2CCC(CN(C)Cc3nc(C(C)S)ccc3N3CCOC4(CC4)C3)[C@]3(CN(C)CCO3)C2)cn1. The molecule has 2 unspecified atom stereocenters. The van der Waals surface area contributed by atoms with Gasteiger partial charge in [0.25, 0.3) is 0 Å². The topological polar surface area (TPSA) is 57.2 Å². The maximum atomic E-state index is 6.78. The van der Waals surface area contributed by atoms with Crippen molar-refractivity contribution in [3.8, 4) is 0 Å². The first-order valence-corrected chi connectivity index (χ1v) is 16.5. The number of nitrogens with zero attached hydrogens (tertiary/aromatic N) is 6. The van der Waals surface area contributed by atoms with E-state index in [-0.39, 0.29) is 16.5 Å². The van der Waals surface area contributed by atoms with E-state index < -0.39 is 0 Å². The van der Waals surface area contributed by atoms with Crippen molar-refractivity contribution < 1.29 is 9.47 Å². The fraction of sp³-hybridized carbons (Fsp3) is 0.697. The van der Waals surface area contributed by atoms with Crippen LogP contribution in [0.4, 0.5) is 11.4 Å². The average molecular weight is 595 g/mol. The van der Waals surface area contributed by atoms with Gasteiger partial charge in [-0.1, -0.05) is 13.8 Å². The predicted octanol–water partition coefficient (Wildman–Crippen LogP) is 4.62. The summed E-state index contributed by atoms with van der Waals surface area (Å²) in [5.74, 6) is 0.865. The molecule has 1 aliphatic carbocycles. The van der Waals surface area contributed by atoms with Crippen LogP contribution in [0.5, 0.6) is 0 Å². The van der Waals surface area contributed by atoms with Crippen molar-refractivity contribution in [1.29, 1.82) is 0 Å². The quantitative estimate of drug-likeness (QED) is 0.445. The molecule has 2 aromatic heterocycles. The van der Waals surface area contributed by atoms with Gasteiger partial charge in [0.2, 0.25) is 0 Å². The van der Waals surface area contributed by atoms with Gasteiger partial charge in [-0.25, -0.2) is 0 Å². The Labute approximate surface area is 258 Å². The number of hydrogen-bond acceptors (Lipinski definition) is 9. The second-order valence-corrected chi connectivity index (χ2v) is 14.5. The summed E-state index contributed by atoms with van der Waals surface area (Å²) in [6, 6.07) is 8.86. The molecular weight excluding hydrogens is 544 g/mol. The summed E-state index contributed by atoms with van der Waals surface area (Å²) in [7, 11) is 4.49. The number of rotatable bonds is 8. The van der Waals surface area contributed by atoms with E-state index in [1.807, 2.05) is 0 Å². The highest BCUT2D eigenvalue weighted by Gasteiger charge is 2.49. The van der Waals surface area contributed by atoms with Crippen molar-refractivity contribution in [2.45, 2.75) is 68.9 Å². The Morgan fingerprint density at radius 2 is 1.76 bits per heavy atom. The molecule has 0 radical (unpaired) electrons. The summed E-state index contributed by atoms with van der Waals surface area (Å²) in [4.78, 5) is 19.9. The van der Waals surface area contributed by atoms with Crippen LogP contribution >= 0.6 is 12.6 Å². The smallest absolute Gasteiger partial charge is 0.102 e. The van der Waals surface area contributed by atoms with Gasteiger partial charge >= 0.3 is 0 Å². The molecule has 4 aliphatic rings. The van der Waals surface area contributed by atoms with Crippen molar-refractivity contribution in [1.82, 2.24) is 19.8 Å². The van der Waals surface area contributed by atoms with Crippen LogP contribution < -0.4 is 9.80 Å². The number of piperidine rings is 1. The zero-order valence-electron chi connectivity index (χ0n) is 26.3. The highest BCUT2D eigenvalue weighted by molar-refractivity contribution is 7.80. The lowest BCUT2D eigenvalue weighted by atomic mass is 9.79. The van der Waals surface area contributed by atoms with E-state index in [2.05, 4.69) is 84.9 Å². The van der Waals surface area contributed by atoms with Crippen molar-refractivity contribution in [2.75, 3.05) is 82.9 Å². The third-order valence-corrected chi connectivity index (χ3v) is 10.1. The zero-order valence-corrected chi connectivity index (χ0v) is 27.2. The van der Waals surface area contributed by atoms with Crippen LogP contribution in [-0.4, -0.2) is 104 Å². The van der Waals surface area contributed by atoms with Crippen LogP contribution in [0, 0.1) is 5.92 Å². The van der Waals surface area contributed by atoms with Gasteiger partial charge in [-0.3, -0.25) is 9.97 Å². The van der Waals surface area contributed by atoms with Gasteiger partial charge in [-0.05, 0) is 70.5 Å². The maximum Gasteiger partial charge on any atom is 0.102 e.